The molecule has 1 amide bonds. The molecule has 136 valence electrons. The summed E-state index contributed by atoms with van der Waals surface area (Å²) in [6, 6.07) is 14.6. The Hall–Kier alpha value is -2.66. The number of anilines is 1. The van der Waals surface area contributed by atoms with Gasteiger partial charge in [-0.2, -0.15) is 0 Å². The minimum absolute atomic E-state index is 0.0921. The first-order valence-electron chi connectivity index (χ1n) is 8.70. The molecule has 0 aromatic heterocycles. The Labute approximate surface area is 153 Å². The Morgan fingerprint density at radius 2 is 1.81 bits per heavy atom. The molecular weight excluding hydrogens is 330 g/mol. The third-order valence-electron chi connectivity index (χ3n) is 4.38. The predicted molar refractivity (Wildman–Crippen MR) is 99.0 cm³/mol. The van der Waals surface area contributed by atoms with Gasteiger partial charge < -0.3 is 14.7 Å². The van der Waals surface area contributed by atoms with Gasteiger partial charge in [-0.15, -0.1) is 0 Å². The number of carbonyl (C=O) groups excluding carboxylic acids is 2. The van der Waals surface area contributed by atoms with Crippen LogP contribution in [0.4, 0.5) is 5.69 Å². The molecule has 0 saturated heterocycles. The summed E-state index contributed by atoms with van der Waals surface area (Å²) < 4.78 is 5.64. The van der Waals surface area contributed by atoms with Crippen LogP contribution in [0.5, 0.6) is 5.75 Å². The van der Waals surface area contributed by atoms with E-state index in [1.54, 1.807) is 18.2 Å². The molecule has 1 aliphatic rings. The highest BCUT2D eigenvalue weighted by Crippen LogP contribution is 2.43. The van der Waals surface area contributed by atoms with Gasteiger partial charge >= 0.3 is 0 Å². The van der Waals surface area contributed by atoms with Crippen LogP contribution in [0.25, 0.3) is 0 Å². The number of ether oxygens (including phenoxy) is 1. The first-order chi connectivity index (χ1) is 12.3. The Bertz CT molecular complexity index is 828. The van der Waals surface area contributed by atoms with Crippen molar-refractivity contribution >= 4 is 17.4 Å². The topological polar surface area (TPSA) is 66.8 Å². The van der Waals surface area contributed by atoms with Crippen molar-refractivity contribution in [2.75, 3.05) is 4.90 Å². The van der Waals surface area contributed by atoms with Crippen molar-refractivity contribution in [3.63, 3.8) is 0 Å². The quantitative estimate of drug-likeness (QED) is 0.866. The number of amides is 1. The molecular formula is C21H23NO4. The van der Waals surface area contributed by atoms with Crippen LogP contribution in [0.3, 0.4) is 0 Å². The normalized spacial score (nSPS) is 19.0. The van der Waals surface area contributed by atoms with Crippen LogP contribution in [0.1, 0.15) is 38.3 Å². The van der Waals surface area contributed by atoms with Crippen molar-refractivity contribution in [1.82, 2.24) is 0 Å². The van der Waals surface area contributed by atoms with E-state index in [9.17, 15) is 14.7 Å². The molecule has 2 aromatic rings. The molecule has 2 aromatic carbocycles. The first-order valence-corrected chi connectivity index (χ1v) is 8.70. The zero-order valence-corrected chi connectivity index (χ0v) is 15.2. The third-order valence-corrected chi connectivity index (χ3v) is 4.38. The van der Waals surface area contributed by atoms with Crippen LogP contribution in [0.2, 0.25) is 0 Å². The van der Waals surface area contributed by atoms with E-state index in [4.69, 9.17) is 4.74 Å². The Balaban J connectivity index is 1.88. The van der Waals surface area contributed by atoms with Gasteiger partial charge in [0.25, 0.3) is 5.91 Å². The second-order valence-electron chi connectivity index (χ2n) is 6.96. The van der Waals surface area contributed by atoms with E-state index in [0.717, 1.165) is 11.3 Å². The average molecular weight is 353 g/mol. The van der Waals surface area contributed by atoms with E-state index < -0.39 is 11.5 Å². The molecule has 0 fully saturated rings. The van der Waals surface area contributed by atoms with Crippen molar-refractivity contribution in [1.29, 1.82) is 0 Å². The molecule has 1 atom stereocenters. The minimum Gasteiger partial charge on any atom is -0.491 e. The second kappa shape index (κ2) is 6.92. The summed E-state index contributed by atoms with van der Waals surface area (Å²) >= 11 is 0. The minimum atomic E-state index is -1.79. The van der Waals surface area contributed by atoms with Gasteiger partial charge in [-0.05, 0) is 44.5 Å². The maximum Gasteiger partial charge on any atom is 0.264 e. The number of nitrogens with zero attached hydrogens (tertiary/aromatic N) is 1. The van der Waals surface area contributed by atoms with Gasteiger partial charge in [0.1, 0.15) is 11.5 Å². The lowest BCUT2D eigenvalue weighted by molar-refractivity contribution is -0.141. The van der Waals surface area contributed by atoms with Crippen molar-refractivity contribution in [3.8, 4) is 5.75 Å². The number of hydrogen-bond acceptors (Lipinski definition) is 4. The van der Waals surface area contributed by atoms with Crippen LogP contribution in [-0.2, 0) is 21.7 Å². The number of aliphatic hydroxyl groups is 1. The summed E-state index contributed by atoms with van der Waals surface area (Å²) in [6.07, 6.45) is -0.130. The number of benzene rings is 2. The standard InChI is InChI=1S/C21H23NO4/c1-14(2)26-17-10-8-16(9-11-17)13-22-19-7-5-4-6-18(19)21(25,20(22)24)12-15(3)23/h4-11,14,25H,12-13H2,1-3H3. The van der Waals surface area contributed by atoms with E-state index in [-0.39, 0.29) is 18.3 Å². The van der Waals surface area contributed by atoms with E-state index in [2.05, 4.69) is 0 Å². The Kier molecular flexibility index (Phi) is 4.83. The first kappa shape index (κ1) is 18.1. The van der Waals surface area contributed by atoms with Crippen molar-refractivity contribution in [2.45, 2.75) is 45.4 Å². The van der Waals surface area contributed by atoms with Crippen LogP contribution in [-0.4, -0.2) is 22.9 Å². The number of para-hydroxylation sites is 1. The van der Waals surface area contributed by atoms with Crippen molar-refractivity contribution < 1.29 is 19.4 Å². The Morgan fingerprint density at radius 3 is 2.42 bits per heavy atom. The van der Waals surface area contributed by atoms with E-state index in [1.165, 1.54) is 11.8 Å². The van der Waals surface area contributed by atoms with Crippen LogP contribution in [0, 0.1) is 0 Å². The zero-order valence-electron chi connectivity index (χ0n) is 15.2. The predicted octanol–water partition coefficient (Wildman–Crippen LogP) is 3.19. The SMILES string of the molecule is CC(=O)CC1(O)C(=O)N(Cc2ccc(OC(C)C)cc2)c2ccccc21. The molecule has 0 aliphatic carbocycles. The van der Waals surface area contributed by atoms with E-state index in [0.29, 0.717) is 17.8 Å². The van der Waals surface area contributed by atoms with Crippen LogP contribution >= 0.6 is 0 Å². The number of carbonyl (C=O) groups is 2. The summed E-state index contributed by atoms with van der Waals surface area (Å²) in [7, 11) is 0. The maximum absolute atomic E-state index is 12.9. The van der Waals surface area contributed by atoms with Gasteiger partial charge in [-0.25, -0.2) is 0 Å². The van der Waals surface area contributed by atoms with Gasteiger partial charge in [-0.1, -0.05) is 30.3 Å². The van der Waals surface area contributed by atoms with Crippen LogP contribution in [0.15, 0.2) is 48.5 Å². The van der Waals surface area contributed by atoms with Gasteiger partial charge in [0.15, 0.2) is 5.60 Å². The molecule has 26 heavy (non-hydrogen) atoms. The van der Waals surface area contributed by atoms with Gasteiger partial charge in [-0.3, -0.25) is 9.59 Å². The summed E-state index contributed by atoms with van der Waals surface area (Å²) in [6.45, 7) is 5.62. The summed E-state index contributed by atoms with van der Waals surface area (Å²) in [5.41, 5.74) is 0.253. The lowest BCUT2D eigenvalue weighted by atomic mass is 9.90. The number of fused-ring (bicyclic) bond motifs is 1. The Morgan fingerprint density at radius 1 is 1.15 bits per heavy atom. The number of Topliss-reactive ketones (excluding diaryl/α,β-unsaturated/α-hetero) is 1. The lowest BCUT2D eigenvalue weighted by Crippen LogP contribution is -2.41. The number of ketones is 1. The molecule has 0 bridgehead atoms. The average Bonchev–Trinajstić information content (AvgIpc) is 2.78. The summed E-state index contributed by atoms with van der Waals surface area (Å²) in [5.74, 6) is 0.0779. The molecule has 1 unspecified atom stereocenters. The lowest BCUT2D eigenvalue weighted by Gasteiger charge is -2.22. The summed E-state index contributed by atoms with van der Waals surface area (Å²) in [4.78, 5) is 26.1. The summed E-state index contributed by atoms with van der Waals surface area (Å²) in [5, 5.41) is 10.9. The number of hydrogen-bond donors (Lipinski definition) is 1. The molecule has 3 rings (SSSR count). The van der Waals surface area contributed by atoms with Gasteiger partial charge in [0, 0.05) is 12.0 Å². The third kappa shape index (κ3) is 3.35. The monoisotopic (exact) mass is 353 g/mol. The fraction of sp³-hybridized carbons (Fsp3) is 0.333. The highest BCUT2D eigenvalue weighted by molar-refractivity contribution is 6.08. The van der Waals surface area contributed by atoms with Crippen LogP contribution < -0.4 is 9.64 Å². The molecule has 1 heterocycles. The smallest absolute Gasteiger partial charge is 0.264 e. The van der Waals surface area contributed by atoms with Gasteiger partial charge in [0.05, 0.1) is 18.3 Å². The molecule has 1 N–H and O–H groups in total. The highest BCUT2D eigenvalue weighted by Gasteiger charge is 2.50. The number of rotatable bonds is 6. The molecule has 1 aliphatic heterocycles. The van der Waals surface area contributed by atoms with E-state index in [1.807, 2.05) is 44.2 Å². The van der Waals surface area contributed by atoms with E-state index >= 15 is 0 Å². The second-order valence-corrected chi connectivity index (χ2v) is 6.96. The molecule has 5 nitrogen and oxygen atoms in total. The zero-order chi connectivity index (χ0) is 18.9. The maximum atomic E-state index is 12.9. The van der Waals surface area contributed by atoms with Gasteiger partial charge in [0.2, 0.25) is 0 Å². The highest BCUT2D eigenvalue weighted by atomic mass is 16.5. The fourth-order valence-corrected chi connectivity index (χ4v) is 3.32. The molecule has 0 radical (unpaired) electrons. The van der Waals surface area contributed by atoms with Crippen molar-refractivity contribution in [3.05, 3.63) is 59.7 Å². The molecule has 0 spiro atoms. The van der Waals surface area contributed by atoms with Crippen molar-refractivity contribution in [2.24, 2.45) is 0 Å². The fourth-order valence-electron chi connectivity index (χ4n) is 3.32. The molecule has 5 heteroatoms. The largest absolute Gasteiger partial charge is 0.491 e. The molecule has 0 saturated carbocycles.